The molecule has 0 spiro atoms. The number of unbranched alkanes of at least 4 members (excludes halogenated alkanes) is 1. The van der Waals surface area contributed by atoms with E-state index in [-0.39, 0.29) is 17.9 Å². The lowest BCUT2D eigenvalue weighted by atomic mass is 10.1. The van der Waals surface area contributed by atoms with Crippen LogP contribution in [0.4, 0.5) is 9.18 Å². The van der Waals surface area contributed by atoms with E-state index in [1.165, 1.54) is 19.2 Å². The molecule has 0 bridgehead atoms. The molecule has 2 N–H and O–H groups in total. The quantitative estimate of drug-likeness (QED) is 0.756. The highest BCUT2D eigenvalue weighted by atomic mass is 19.1. The standard InChI is InChI=1S/C14H18FNO5/c1-3-4-7-21-14(19)16-12(13(17)18)9-5-6-11(20-2)10(15)8-9/h5-6,8,12H,3-4,7H2,1-2H3,(H,16,19)(H,17,18). The molecule has 1 atom stereocenters. The molecule has 0 aliphatic carbocycles. The van der Waals surface area contributed by atoms with Crippen molar-refractivity contribution in [3.05, 3.63) is 29.6 Å². The van der Waals surface area contributed by atoms with Gasteiger partial charge in [-0.2, -0.15) is 0 Å². The smallest absolute Gasteiger partial charge is 0.408 e. The maximum Gasteiger partial charge on any atom is 0.408 e. The van der Waals surface area contributed by atoms with Gasteiger partial charge in [-0.15, -0.1) is 0 Å². The van der Waals surface area contributed by atoms with Crippen molar-refractivity contribution >= 4 is 12.1 Å². The first-order valence-electron chi connectivity index (χ1n) is 6.49. The molecular weight excluding hydrogens is 281 g/mol. The molecular formula is C14H18FNO5. The molecule has 1 rings (SSSR count). The fourth-order valence-corrected chi connectivity index (χ4v) is 1.62. The Bertz CT molecular complexity index is 506. The highest BCUT2D eigenvalue weighted by Gasteiger charge is 2.24. The first-order chi connectivity index (χ1) is 9.99. The van der Waals surface area contributed by atoms with E-state index < -0.39 is 23.9 Å². The average molecular weight is 299 g/mol. The molecule has 0 fully saturated rings. The summed E-state index contributed by atoms with van der Waals surface area (Å²) >= 11 is 0. The van der Waals surface area contributed by atoms with Gasteiger partial charge in [-0.05, 0) is 24.1 Å². The van der Waals surface area contributed by atoms with Crippen LogP contribution in [0.5, 0.6) is 5.75 Å². The van der Waals surface area contributed by atoms with Gasteiger partial charge in [0.05, 0.1) is 13.7 Å². The third kappa shape index (κ3) is 4.94. The lowest BCUT2D eigenvalue weighted by Gasteiger charge is -2.15. The summed E-state index contributed by atoms with van der Waals surface area (Å²) in [7, 11) is 1.30. The minimum atomic E-state index is -1.39. The molecule has 116 valence electrons. The zero-order chi connectivity index (χ0) is 15.8. The molecule has 6 nitrogen and oxygen atoms in total. The van der Waals surface area contributed by atoms with Gasteiger partial charge < -0.3 is 19.9 Å². The summed E-state index contributed by atoms with van der Waals surface area (Å²) in [6, 6.07) is 2.28. The number of hydrogen-bond acceptors (Lipinski definition) is 4. The summed E-state index contributed by atoms with van der Waals surface area (Å²) in [5, 5.41) is 11.3. The summed E-state index contributed by atoms with van der Waals surface area (Å²) in [5.74, 6) is -2.03. The largest absolute Gasteiger partial charge is 0.494 e. The number of halogens is 1. The van der Waals surface area contributed by atoms with Gasteiger partial charge in [0.1, 0.15) is 0 Å². The van der Waals surface area contributed by atoms with Gasteiger partial charge in [-0.3, -0.25) is 0 Å². The zero-order valence-electron chi connectivity index (χ0n) is 11.9. The summed E-state index contributed by atoms with van der Waals surface area (Å²) in [5.41, 5.74) is 0.0910. The number of ether oxygens (including phenoxy) is 2. The second-order valence-electron chi connectivity index (χ2n) is 4.30. The SMILES string of the molecule is CCCCOC(=O)NC(C(=O)O)c1ccc(OC)c(F)c1. The van der Waals surface area contributed by atoms with Crippen molar-refractivity contribution < 1.29 is 28.6 Å². The number of hydrogen-bond donors (Lipinski definition) is 2. The molecule has 21 heavy (non-hydrogen) atoms. The third-order valence-corrected chi connectivity index (χ3v) is 2.75. The Kier molecular flexibility index (Phi) is 6.45. The van der Waals surface area contributed by atoms with Crippen LogP contribution in [-0.2, 0) is 9.53 Å². The van der Waals surface area contributed by atoms with E-state index in [4.69, 9.17) is 14.6 Å². The summed E-state index contributed by atoms with van der Waals surface area (Å²) in [6.45, 7) is 2.13. The third-order valence-electron chi connectivity index (χ3n) is 2.75. The highest BCUT2D eigenvalue weighted by molar-refractivity contribution is 5.81. The Morgan fingerprint density at radius 2 is 2.14 bits per heavy atom. The van der Waals surface area contributed by atoms with Crippen molar-refractivity contribution in [3.8, 4) is 5.75 Å². The number of aliphatic carboxylic acids is 1. The molecule has 0 saturated carbocycles. The monoisotopic (exact) mass is 299 g/mol. The molecule has 1 aromatic carbocycles. The van der Waals surface area contributed by atoms with Crippen molar-refractivity contribution in [1.82, 2.24) is 5.32 Å². The van der Waals surface area contributed by atoms with Crippen LogP contribution in [0.25, 0.3) is 0 Å². The lowest BCUT2D eigenvalue weighted by molar-refractivity contribution is -0.139. The number of carboxylic acids is 1. The number of methoxy groups -OCH3 is 1. The van der Waals surface area contributed by atoms with E-state index in [0.717, 1.165) is 12.5 Å². The number of carboxylic acid groups (broad SMARTS) is 1. The lowest BCUT2D eigenvalue weighted by Crippen LogP contribution is -2.34. The van der Waals surface area contributed by atoms with Crippen molar-refractivity contribution in [2.75, 3.05) is 13.7 Å². The molecule has 0 saturated heterocycles. The Morgan fingerprint density at radius 3 is 2.67 bits per heavy atom. The summed E-state index contributed by atoms with van der Waals surface area (Å²) in [4.78, 5) is 22.7. The molecule has 0 heterocycles. The van der Waals surface area contributed by atoms with Crippen LogP contribution in [0, 0.1) is 5.82 Å². The highest BCUT2D eigenvalue weighted by Crippen LogP contribution is 2.22. The number of rotatable bonds is 7. The van der Waals surface area contributed by atoms with Gasteiger partial charge in [-0.1, -0.05) is 19.4 Å². The Hall–Kier alpha value is -2.31. The van der Waals surface area contributed by atoms with E-state index in [1.807, 2.05) is 6.92 Å². The zero-order valence-corrected chi connectivity index (χ0v) is 11.9. The molecule has 0 aliphatic heterocycles. The van der Waals surface area contributed by atoms with Crippen LogP contribution >= 0.6 is 0 Å². The number of alkyl carbamates (subject to hydrolysis) is 1. The number of carbonyl (C=O) groups is 2. The van der Waals surface area contributed by atoms with E-state index in [2.05, 4.69) is 5.32 Å². The van der Waals surface area contributed by atoms with Crippen molar-refractivity contribution in [3.63, 3.8) is 0 Å². The van der Waals surface area contributed by atoms with Gasteiger partial charge in [0.25, 0.3) is 0 Å². The van der Waals surface area contributed by atoms with Crippen LogP contribution in [0.3, 0.4) is 0 Å². The molecule has 1 amide bonds. The second-order valence-corrected chi connectivity index (χ2v) is 4.30. The topological polar surface area (TPSA) is 84.9 Å². The minimum Gasteiger partial charge on any atom is -0.494 e. The van der Waals surface area contributed by atoms with Gasteiger partial charge in [0.2, 0.25) is 0 Å². The van der Waals surface area contributed by atoms with Crippen LogP contribution in [-0.4, -0.2) is 30.9 Å². The van der Waals surface area contributed by atoms with E-state index >= 15 is 0 Å². The normalized spacial score (nSPS) is 11.6. The van der Waals surface area contributed by atoms with Crippen molar-refractivity contribution in [2.45, 2.75) is 25.8 Å². The molecule has 0 aliphatic rings. The van der Waals surface area contributed by atoms with Gasteiger partial charge in [0.15, 0.2) is 17.6 Å². The first kappa shape index (κ1) is 16.7. The van der Waals surface area contributed by atoms with Gasteiger partial charge in [-0.25, -0.2) is 14.0 Å². The fraction of sp³-hybridized carbons (Fsp3) is 0.429. The molecule has 0 radical (unpaired) electrons. The summed E-state index contributed by atoms with van der Waals surface area (Å²) in [6.07, 6.45) is 0.675. The number of benzene rings is 1. The van der Waals surface area contributed by atoms with E-state index in [1.54, 1.807) is 0 Å². The van der Waals surface area contributed by atoms with Crippen LogP contribution in [0.1, 0.15) is 31.4 Å². The van der Waals surface area contributed by atoms with Gasteiger partial charge >= 0.3 is 12.1 Å². The predicted octanol–water partition coefficient (Wildman–Crippen LogP) is 2.49. The minimum absolute atomic E-state index is 0.00610. The summed E-state index contributed by atoms with van der Waals surface area (Å²) < 4.78 is 23.2. The molecule has 0 aromatic heterocycles. The number of nitrogens with one attached hydrogen (secondary N) is 1. The van der Waals surface area contributed by atoms with Crippen molar-refractivity contribution in [2.24, 2.45) is 0 Å². The fourth-order valence-electron chi connectivity index (χ4n) is 1.62. The Balaban J connectivity index is 2.80. The predicted molar refractivity (Wildman–Crippen MR) is 72.7 cm³/mol. The van der Waals surface area contributed by atoms with Crippen LogP contribution < -0.4 is 10.1 Å². The van der Waals surface area contributed by atoms with Crippen LogP contribution in [0.2, 0.25) is 0 Å². The molecule has 1 unspecified atom stereocenters. The Labute approximate surface area is 121 Å². The molecule has 1 aromatic rings. The average Bonchev–Trinajstić information content (AvgIpc) is 2.44. The Morgan fingerprint density at radius 1 is 1.43 bits per heavy atom. The second kappa shape index (κ2) is 8.08. The van der Waals surface area contributed by atoms with E-state index in [0.29, 0.717) is 6.42 Å². The number of amides is 1. The maximum absolute atomic E-state index is 13.6. The first-order valence-corrected chi connectivity index (χ1v) is 6.49. The molecule has 7 heteroatoms. The van der Waals surface area contributed by atoms with E-state index in [9.17, 15) is 14.0 Å². The number of carbonyl (C=O) groups excluding carboxylic acids is 1. The van der Waals surface area contributed by atoms with Crippen LogP contribution in [0.15, 0.2) is 18.2 Å². The maximum atomic E-state index is 13.6. The van der Waals surface area contributed by atoms with Gasteiger partial charge in [0, 0.05) is 0 Å². The van der Waals surface area contributed by atoms with Crippen molar-refractivity contribution in [1.29, 1.82) is 0 Å².